The van der Waals surface area contributed by atoms with Crippen LogP contribution in [0, 0.1) is 16.7 Å². The molecule has 0 saturated heterocycles. The van der Waals surface area contributed by atoms with Crippen LogP contribution in [0.25, 0.3) is 0 Å². The first-order valence-corrected chi connectivity index (χ1v) is 5.93. The second-order valence-electron chi connectivity index (χ2n) is 6.01. The van der Waals surface area contributed by atoms with Crippen LogP contribution in [-0.4, -0.2) is 17.0 Å². The molecular weight excluding hydrogens is 188 g/mol. The van der Waals surface area contributed by atoms with Gasteiger partial charge in [-0.05, 0) is 38.0 Å². The first kappa shape index (κ1) is 12.7. The summed E-state index contributed by atoms with van der Waals surface area (Å²) < 4.78 is 0. The van der Waals surface area contributed by atoms with Crippen LogP contribution in [0.1, 0.15) is 53.9 Å². The number of ketones is 1. The number of hydrogen-bond donors (Lipinski definition) is 1. The van der Waals surface area contributed by atoms with E-state index in [4.69, 9.17) is 5.11 Å². The van der Waals surface area contributed by atoms with Gasteiger partial charge in [-0.1, -0.05) is 20.8 Å². The molecule has 2 aliphatic rings. The molecule has 15 heavy (non-hydrogen) atoms. The lowest BCUT2D eigenvalue weighted by molar-refractivity contribution is -0.128. The molecule has 0 amide bonds. The van der Waals surface area contributed by atoms with E-state index in [0.717, 1.165) is 12.8 Å². The zero-order valence-corrected chi connectivity index (χ0v) is 10.6. The Morgan fingerprint density at radius 1 is 1.33 bits per heavy atom. The lowest BCUT2D eigenvalue weighted by atomic mass is 9.70. The molecule has 2 aliphatic carbocycles. The van der Waals surface area contributed by atoms with Gasteiger partial charge < -0.3 is 5.11 Å². The molecule has 2 unspecified atom stereocenters. The number of hydrogen-bond acceptors (Lipinski definition) is 2. The average Bonchev–Trinajstić information content (AvgIpc) is 2.36. The molecule has 2 nitrogen and oxygen atoms in total. The normalized spacial score (nSPS) is 36.7. The standard InChI is InChI=1S/C10H16O.C3H8O/c1-9(2)7-4-5-10(9,3)8(11)6-7;1-3(2)4/h7H,4-6H2,1-3H3;3-4H,1-2H3. The van der Waals surface area contributed by atoms with Crippen molar-refractivity contribution in [3.63, 3.8) is 0 Å². The Labute approximate surface area is 93.1 Å². The van der Waals surface area contributed by atoms with Gasteiger partial charge >= 0.3 is 0 Å². The third-order valence-electron chi connectivity index (χ3n) is 4.48. The van der Waals surface area contributed by atoms with Gasteiger partial charge in [0.15, 0.2) is 0 Å². The first-order valence-electron chi connectivity index (χ1n) is 5.93. The van der Waals surface area contributed by atoms with Crippen LogP contribution in [0.15, 0.2) is 0 Å². The number of Topliss-reactive ketones (excluding diaryl/α,β-unsaturated/α-hetero) is 1. The van der Waals surface area contributed by atoms with Gasteiger partial charge in [0.25, 0.3) is 0 Å². The Morgan fingerprint density at radius 2 is 1.80 bits per heavy atom. The van der Waals surface area contributed by atoms with Gasteiger partial charge in [-0.3, -0.25) is 4.79 Å². The summed E-state index contributed by atoms with van der Waals surface area (Å²) in [5.74, 6) is 1.19. The topological polar surface area (TPSA) is 37.3 Å². The summed E-state index contributed by atoms with van der Waals surface area (Å²) in [6, 6.07) is 0. The quantitative estimate of drug-likeness (QED) is 0.670. The fourth-order valence-electron chi connectivity index (χ4n) is 2.90. The predicted molar refractivity (Wildman–Crippen MR) is 61.6 cm³/mol. The van der Waals surface area contributed by atoms with Crippen LogP contribution >= 0.6 is 0 Å². The van der Waals surface area contributed by atoms with Crippen molar-refractivity contribution in [1.29, 1.82) is 0 Å². The molecule has 2 bridgehead atoms. The highest BCUT2D eigenvalue weighted by Gasteiger charge is 2.61. The molecule has 2 heteroatoms. The Balaban J connectivity index is 0.000000245. The van der Waals surface area contributed by atoms with Gasteiger partial charge in [0.05, 0.1) is 0 Å². The minimum atomic E-state index is -0.167. The van der Waals surface area contributed by atoms with Crippen molar-refractivity contribution < 1.29 is 9.90 Å². The van der Waals surface area contributed by atoms with Crippen molar-refractivity contribution >= 4 is 5.78 Å². The van der Waals surface area contributed by atoms with Crippen molar-refractivity contribution in [2.24, 2.45) is 16.7 Å². The summed E-state index contributed by atoms with van der Waals surface area (Å²) in [4.78, 5) is 11.6. The van der Waals surface area contributed by atoms with E-state index in [0.29, 0.717) is 11.7 Å². The van der Waals surface area contributed by atoms with Gasteiger partial charge in [0.1, 0.15) is 5.78 Å². The minimum absolute atomic E-state index is 0.0255. The molecule has 0 aromatic carbocycles. The van der Waals surface area contributed by atoms with E-state index in [1.54, 1.807) is 13.8 Å². The fourth-order valence-corrected chi connectivity index (χ4v) is 2.90. The maximum absolute atomic E-state index is 11.6. The number of carbonyl (C=O) groups excluding carboxylic acids is 1. The number of aliphatic hydroxyl groups excluding tert-OH is 1. The zero-order chi connectivity index (χ0) is 11.9. The highest BCUT2D eigenvalue weighted by atomic mass is 16.3. The maximum atomic E-state index is 11.6. The lowest BCUT2D eigenvalue weighted by Gasteiger charge is -2.32. The summed E-state index contributed by atoms with van der Waals surface area (Å²) in [7, 11) is 0. The average molecular weight is 212 g/mol. The van der Waals surface area contributed by atoms with Gasteiger partial charge in [0, 0.05) is 17.9 Å². The largest absolute Gasteiger partial charge is 0.394 e. The van der Waals surface area contributed by atoms with Crippen molar-refractivity contribution in [2.75, 3.05) is 0 Å². The number of rotatable bonds is 0. The molecular formula is C13H24O2. The molecule has 88 valence electrons. The van der Waals surface area contributed by atoms with Crippen LogP contribution < -0.4 is 0 Å². The Hall–Kier alpha value is -0.370. The zero-order valence-electron chi connectivity index (χ0n) is 10.6. The summed E-state index contributed by atoms with van der Waals surface area (Å²) in [6.45, 7) is 10.1. The summed E-state index contributed by atoms with van der Waals surface area (Å²) in [5, 5.41) is 8.06. The van der Waals surface area contributed by atoms with Gasteiger partial charge in [-0.25, -0.2) is 0 Å². The highest BCUT2D eigenvalue weighted by molar-refractivity contribution is 5.89. The van der Waals surface area contributed by atoms with Crippen molar-refractivity contribution in [3.8, 4) is 0 Å². The fraction of sp³-hybridized carbons (Fsp3) is 0.923. The van der Waals surface area contributed by atoms with Crippen LogP contribution in [0.5, 0.6) is 0 Å². The predicted octanol–water partition coefficient (Wildman–Crippen LogP) is 2.79. The molecule has 0 aromatic rings. The van der Waals surface area contributed by atoms with E-state index in [-0.39, 0.29) is 16.9 Å². The highest BCUT2D eigenvalue weighted by Crippen LogP contribution is 2.63. The summed E-state index contributed by atoms with van der Waals surface area (Å²) in [6.07, 6.45) is 3.09. The Kier molecular flexibility index (Phi) is 3.30. The third-order valence-corrected chi connectivity index (χ3v) is 4.48. The van der Waals surface area contributed by atoms with Gasteiger partial charge in [-0.15, -0.1) is 0 Å². The number of fused-ring (bicyclic) bond motifs is 2. The molecule has 2 rings (SSSR count). The van der Waals surface area contributed by atoms with Crippen molar-refractivity contribution in [3.05, 3.63) is 0 Å². The smallest absolute Gasteiger partial charge is 0.139 e. The van der Waals surface area contributed by atoms with E-state index in [1.165, 1.54) is 6.42 Å². The Bertz CT molecular complexity index is 253. The molecule has 0 aliphatic heterocycles. The van der Waals surface area contributed by atoms with E-state index >= 15 is 0 Å². The molecule has 2 atom stereocenters. The van der Waals surface area contributed by atoms with Gasteiger partial charge in [-0.2, -0.15) is 0 Å². The molecule has 0 aromatic heterocycles. The second-order valence-corrected chi connectivity index (χ2v) is 6.01. The Morgan fingerprint density at radius 3 is 1.93 bits per heavy atom. The van der Waals surface area contributed by atoms with Crippen LogP contribution in [0.4, 0.5) is 0 Å². The lowest BCUT2D eigenvalue weighted by Crippen LogP contribution is -2.32. The summed E-state index contributed by atoms with van der Waals surface area (Å²) in [5.41, 5.74) is 0.307. The second kappa shape index (κ2) is 3.89. The maximum Gasteiger partial charge on any atom is 0.139 e. The van der Waals surface area contributed by atoms with Crippen LogP contribution in [0.2, 0.25) is 0 Å². The van der Waals surface area contributed by atoms with Gasteiger partial charge in [0.2, 0.25) is 0 Å². The van der Waals surface area contributed by atoms with Crippen molar-refractivity contribution in [2.45, 2.75) is 60.0 Å². The van der Waals surface area contributed by atoms with E-state index in [2.05, 4.69) is 20.8 Å². The SMILES string of the molecule is CC(C)O.CC12CCC(CC1=O)C2(C)C. The van der Waals surface area contributed by atoms with E-state index in [9.17, 15) is 4.79 Å². The molecule has 0 radical (unpaired) electrons. The van der Waals surface area contributed by atoms with Crippen LogP contribution in [0.3, 0.4) is 0 Å². The minimum Gasteiger partial charge on any atom is -0.394 e. The van der Waals surface area contributed by atoms with Crippen molar-refractivity contribution in [1.82, 2.24) is 0 Å². The molecule has 1 N–H and O–H groups in total. The molecule has 2 saturated carbocycles. The molecule has 0 heterocycles. The molecule has 0 spiro atoms. The third kappa shape index (κ3) is 1.96. The monoisotopic (exact) mass is 212 g/mol. The number of carbonyl (C=O) groups is 1. The first-order chi connectivity index (χ1) is 6.72. The van der Waals surface area contributed by atoms with Crippen LogP contribution in [-0.2, 0) is 4.79 Å². The molecule has 2 fully saturated rings. The summed E-state index contributed by atoms with van der Waals surface area (Å²) >= 11 is 0. The number of aliphatic hydroxyl groups is 1. The van der Waals surface area contributed by atoms with E-state index in [1.807, 2.05) is 0 Å². The van der Waals surface area contributed by atoms with E-state index < -0.39 is 0 Å².